The molecule has 120 valence electrons. The van der Waals surface area contributed by atoms with E-state index in [-0.39, 0.29) is 0 Å². The van der Waals surface area contributed by atoms with Crippen LogP contribution in [0.15, 0.2) is 54.6 Å². The van der Waals surface area contributed by atoms with Crippen LogP contribution < -0.4 is 10.2 Å². The van der Waals surface area contributed by atoms with Gasteiger partial charge in [-0.2, -0.15) is 4.98 Å². The molecule has 1 aliphatic rings. The van der Waals surface area contributed by atoms with E-state index in [1.54, 1.807) is 0 Å². The highest BCUT2D eigenvalue weighted by Gasteiger charge is 2.22. The van der Waals surface area contributed by atoms with Gasteiger partial charge in [-0.3, -0.25) is 0 Å². The van der Waals surface area contributed by atoms with Gasteiger partial charge >= 0.3 is 0 Å². The van der Waals surface area contributed by atoms with Crippen molar-refractivity contribution in [2.75, 3.05) is 24.3 Å². The lowest BCUT2D eigenvalue weighted by Crippen LogP contribution is -2.17. The maximum Gasteiger partial charge on any atom is 0.227 e. The quantitative estimate of drug-likeness (QED) is 0.791. The minimum atomic E-state index is 0.726. The van der Waals surface area contributed by atoms with Gasteiger partial charge < -0.3 is 10.2 Å². The number of rotatable bonds is 3. The van der Waals surface area contributed by atoms with Crippen LogP contribution in [0, 0.1) is 0 Å². The summed E-state index contributed by atoms with van der Waals surface area (Å²) in [5.41, 5.74) is 5.87. The molecule has 0 saturated carbocycles. The summed E-state index contributed by atoms with van der Waals surface area (Å²) in [5, 5.41) is 3.48. The first-order valence-electron chi connectivity index (χ1n) is 8.21. The summed E-state index contributed by atoms with van der Waals surface area (Å²) in [6.07, 6.45) is 1.98. The molecule has 4 rings (SSSR count). The van der Waals surface area contributed by atoms with E-state index in [2.05, 4.69) is 41.7 Å². The van der Waals surface area contributed by atoms with Crippen molar-refractivity contribution < 1.29 is 0 Å². The number of hydrogen-bond donors (Lipinski definition) is 1. The summed E-state index contributed by atoms with van der Waals surface area (Å²) in [5.74, 6) is 1.63. The first-order chi connectivity index (χ1) is 11.7. The molecule has 0 saturated heterocycles. The Bertz CT molecular complexity index is 872. The fourth-order valence-electron chi connectivity index (χ4n) is 3.12. The normalized spacial score (nSPS) is 12.2. The van der Waals surface area contributed by atoms with Gasteiger partial charge in [0.2, 0.25) is 5.95 Å². The highest BCUT2D eigenvalue weighted by Crippen LogP contribution is 2.37. The fourth-order valence-corrected chi connectivity index (χ4v) is 3.12. The molecule has 3 aromatic rings. The van der Waals surface area contributed by atoms with Gasteiger partial charge in [0.15, 0.2) is 0 Å². The molecular formula is C20H20N4. The zero-order valence-electron chi connectivity index (χ0n) is 14.0. The largest absolute Gasteiger partial charge is 0.347 e. The Morgan fingerprint density at radius 2 is 1.62 bits per heavy atom. The number of hydrogen-bond acceptors (Lipinski definition) is 4. The molecule has 0 radical (unpaired) electrons. The van der Waals surface area contributed by atoms with Crippen molar-refractivity contribution in [2.45, 2.75) is 12.8 Å². The van der Waals surface area contributed by atoms with Gasteiger partial charge in [0.05, 0.1) is 5.69 Å². The van der Waals surface area contributed by atoms with Crippen LogP contribution in [-0.4, -0.2) is 24.1 Å². The number of nitrogens with one attached hydrogen (secondary N) is 1. The topological polar surface area (TPSA) is 41.1 Å². The Labute approximate surface area is 142 Å². The summed E-state index contributed by atoms with van der Waals surface area (Å²) in [4.78, 5) is 11.5. The predicted octanol–water partition coefficient (Wildman–Crippen LogP) is 4.05. The highest BCUT2D eigenvalue weighted by molar-refractivity contribution is 5.77. The van der Waals surface area contributed by atoms with Crippen molar-refractivity contribution in [1.29, 1.82) is 0 Å². The van der Waals surface area contributed by atoms with Crippen molar-refractivity contribution in [1.82, 2.24) is 9.97 Å². The van der Waals surface area contributed by atoms with Crippen LogP contribution in [0.4, 0.5) is 17.5 Å². The summed E-state index contributed by atoms with van der Waals surface area (Å²) in [6, 6.07) is 18.7. The second-order valence-electron chi connectivity index (χ2n) is 6.24. The third-order valence-corrected chi connectivity index (χ3v) is 4.35. The lowest BCUT2D eigenvalue weighted by molar-refractivity contribution is 0.900. The van der Waals surface area contributed by atoms with Gasteiger partial charge in [-0.05, 0) is 30.5 Å². The summed E-state index contributed by atoms with van der Waals surface area (Å²) in [7, 11) is 3.95. The average Bonchev–Trinajstić information content (AvgIpc) is 2.62. The monoisotopic (exact) mass is 316 g/mol. The number of aromatic nitrogens is 2. The van der Waals surface area contributed by atoms with Crippen molar-refractivity contribution >= 4 is 17.5 Å². The second-order valence-corrected chi connectivity index (χ2v) is 6.24. The molecule has 0 bridgehead atoms. The lowest BCUT2D eigenvalue weighted by atomic mass is 9.89. The van der Waals surface area contributed by atoms with Crippen LogP contribution in [0.1, 0.15) is 11.1 Å². The van der Waals surface area contributed by atoms with Crippen molar-refractivity contribution in [3.05, 3.63) is 65.7 Å². The third kappa shape index (κ3) is 2.60. The Morgan fingerprint density at radius 3 is 2.42 bits per heavy atom. The van der Waals surface area contributed by atoms with Crippen LogP contribution in [0.3, 0.4) is 0 Å². The van der Waals surface area contributed by atoms with E-state index in [0.29, 0.717) is 0 Å². The molecule has 24 heavy (non-hydrogen) atoms. The van der Waals surface area contributed by atoms with E-state index in [9.17, 15) is 0 Å². The van der Waals surface area contributed by atoms with E-state index in [0.717, 1.165) is 36.0 Å². The number of benzene rings is 2. The molecular weight excluding hydrogens is 296 g/mol. The first-order valence-corrected chi connectivity index (χ1v) is 8.21. The van der Waals surface area contributed by atoms with Crippen molar-refractivity contribution in [2.24, 2.45) is 0 Å². The van der Waals surface area contributed by atoms with Gasteiger partial charge in [0, 0.05) is 30.9 Å². The van der Waals surface area contributed by atoms with Crippen molar-refractivity contribution in [3.63, 3.8) is 0 Å². The number of para-hydroxylation sites is 1. The van der Waals surface area contributed by atoms with Crippen LogP contribution in [0.2, 0.25) is 0 Å². The van der Waals surface area contributed by atoms with Crippen LogP contribution >= 0.6 is 0 Å². The van der Waals surface area contributed by atoms with Crippen LogP contribution in [0.5, 0.6) is 0 Å². The Kier molecular flexibility index (Phi) is 3.65. The van der Waals surface area contributed by atoms with E-state index < -0.39 is 0 Å². The second kappa shape index (κ2) is 5.96. The molecule has 4 nitrogen and oxygen atoms in total. The minimum Gasteiger partial charge on any atom is -0.347 e. The number of nitrogens with zero attached hydrogens (tertiary/aromatic N) is 3. The smallest absolute Gasteiger partial charge is 0.227 e. The zero-order valence-corrected chi connectivity index (χ0v) is 14.0. The molecule has 2 aromatic carbocycles. The Morgan fingerprint density at radius 1 is 0.875 bits per heavy atom. The average molecular weight is 316 g/mol. The van der Waals surface area contributed by atoms with Gasteiger partial charge in [-0.15, -0.1) is 0 Å². The van der Waals surface area contributed by atoms with Gasteiger partial charge in [-0.25, -0.2) is 4.98 Å². The summed E-state index contributed by atoms with van der Waals surface area (Å²) in [6.45, 7) is 0. The molecule has 0 unspecified atom stereocenters. The molecule has 0 aliphatic heterocycles. The number of anilines is 3. The Balaban J connectivity index is 1.87. The molecule has 4 heteroatoms. The zero-order chi connectivity index (χ0) is 16.5. The SMILES string of the molecule is CN(C)c1nc(Nc2ccccc2)c2c(n1)-c1ccccc1CC2. The molecule has 1 N–H and O–H groups in total. The molecule has 1 aromatic heterocycles. The summed E-state index contributed by atoms with van der Waals surface area (Å²) >= 11 is 0. The van der Waals surface area contributed by atoms with E-state index in [1.165, 1.54) is 16.7 Å². The fraction of sp³-hybridized carbons (Fsp3) is 0.200. The molecule has 0 spiro atoms. The van der Waals surface area contributed by atoms with Gasteiger partial charge in [-0.1, -0.05) is 42.5 Å². The predicted molar refractivity (Wildman–Crippen MR) is 98.9 cm³/mol. The van der Waals surface area contributed by atoms with Gasteiger partial charge in [0.25, 0.3) is 0 Å². The van der Waals surface area contributed by atoms with E-state index in [4.69, 9.17) is 9.97 Å². The molecule has 0 fully saturated rings. The number of fused-ring (bicyclic) bond motifs is 3. The maximum absolute atomic E-state index is 4.83. The van der Waals surface area contributed by atoms with Crippen LogP contribution in [0.25, 0.3) is 11.3 Å². The highest BCUT2D eigenvalue weighted by atomic mass is 15.2. The summed E-state index contributed by atoms with van der Waals surface area (Å²) < 4.78 is 0. The van der Waals surface area contributed by atoms with Gasteiger partial charge in [0.1, 0.15) is 5.82 Å². The minimum absolute atomic E-state index is 0.726. The molecule has 1 heterocycles. The van der Waals surface area contributed by atoms with E-state index >= 15 is 0 Å². The standard InChI is InChI=1S/C20H20N4/c1-24(2)20-22-18-16-11-7-6-8-14(16)12-13-17(18)19(23-20)21-15-9-4-3-5-10-15/h3-11H,12-13H2,1-2H3,(H,21,22,23). The van der Waals surface area contributed by atoms with Crippen molar-refractivity contribution in [3.8, 4) is 11.3 Å². The molecule has 1 aliphatic carbocycles. The van der Waals surface area contributed by atoms with Crippen LogP contribution in [-0.2, 0) is 12.8 Å². The number of aryl methyl sites for hydroxylation is 1. The maximum atomic E-state index is 4.83. The Hall–Kier alpha value is -2.88. The lowest BCUT2D eigenvalue weighted by Gasteiger charge is -2.23. The molecule has 0 amide bonds. The first kappa shape index (κ1) is 14.7. The third-order valence-electron chi connectivity index (χ3n) is 4.35. The van der Waals surface area contributed by atoms with E-state index in [1.807, 2.05) is 37.2 Å². The molecule has 0 atom stereocenters.